The molecule has 6 nitrogen and oxygen atoms in total. The number of carboxylic acid groups (broad SMARTS) is 1. The molecule has 0 aliphatic carbocycles. The first kappa shape index (κ1) is 16.7. The molecule has 2 saturated heterocycles. The maximum Gasteiger partial charge on any atom is 0.327 e. The summed E-state index contributed by atoms with van der Waals surface area (Å²) >= 11 is 1.23. The van der Waals surface area contributed by atoms with Gasteiger partial charge in [-0.05, 0) is 26.0 Å². The van der Waals surface area contributed by atoms with E-state index in [1.54, 1.807) is 13.8 Å². The fourth-order valence-corrected chi connectivity index (χ4v) is 4.70. The van der Waals surface area contributed by atoms with Gasteiger partial charge in [-0.1, -0.05) is 6.07 Å². The Bertz CT molecular complexity index is 735. The molecule has 2 aliphatic rings. The lowest BCUT2D eigenvalue weighted by Gasteiger charge is -2.43. The number of benzene rings is 1. The van der Waals surface area contributed by atoms with Crippen molar-refractivity contribution in [3.05, 3.63) is 35.4 Å². The average Bonchev–Trinajstić information content (AvgIpc) is 2.73. The van der Waals surface area contributed by atoms with Gasteiger partial charge in [0.2, 0.25) is 5.91 Å². The monoisotopic (exact) mass is 356 g/mol. The van der Waals surface area contributed by atoms with Crippen molar-refractivity contribution < 1.29 is 28.3 Å². The summed E-state index contributed by atoms with van der Waals surface area (Å²) in [4.78, 5) is 36.9. The molecule has 2 N–H and O–H groups in total. The molecular formula is C15H14F2N2O4S. The highest BCUT2D eigenvalue weighted by Gasteiger charge is 2.64. The van der Waals surface area contributed by atoms with E-state index >= 15 is 0 Å². The summed E-state index contributed by atoms with van der Waals surface area (Å²) in [5.74, 6) is -4.80. The maximum absolute atomic E-state index is 13.7. The van der Waals surface area contributed by atoms with Gasteiger partial charge < -0.3 is 15.3 Å². The zero-order valence-corrected chi connectivity index (χ0v) is 13.6. The van der Waals surface area contributed by atoms with Crippen molar-refractivity contribution in [2.75, 3.05) is 0 Å². The first-order valence-corrected chi connectivity index (χ1v) is 8.01. The molecule has 2 amide bonds. The Morgan fingerprint density at radius 1 is 1.29 bits per heavy atom. The van der Waals surface area contributed by atoms with Gasteiger partial charge in [-0.3, -0.25) is 9.59 Å². The van der Waals surface area contributed by atoms with Gasteiger partial charge in [0.05, 0.1) is 0 Å². The van der Waals surface area contributed by atoms with E-state index in [9.17, 15) is 28.3 Å². The quantitative estimate of drug-likeness (QED) is 0.795. The highest BCUT2D eigenvalue weighted by Crippen LogP contribution is 2.50. The molecule has 0 aromatic heterocycles. The molecular weight excluding hydrogens is 342 g/mol. The number of amides is 2. The normalized spacial score (nSPS) is 27.4. The van der Waals surface area contributed by atoms with Crippen LogP contribution in [0.3, 0.4) is 0 Å². The first-order valence-electron chi connectivity index (χ1n) is 7.13. The molecule has 1 aromatic rings. The molecule has 128 valence electrons. The van der Waals surface area contributed by atoms with Gasteiger partial charge in [0, 0.05) is 4.75 Å². The number of hydrogen-bond acceptors (Lipinski definition) is 4. The Balaban J connectivity index is 1.81. The smallest absolute Gasteiger partial charge is 0.327 e. The largest absolute Gasteiger partial charge is 0.480 e. The van der Waals surface area contributed by atoms with Crippen molar-refractivity contribution in [2.45, 2.75) is 36.1 Å². The number of carboxylic acids is 1. The van der Waals surface area contributed by atoms with Crippen LogP contribution < -0.4 is 5.32 Å². The molecule has 0 saturated carbocycles. The number of nitrogens with one attached hydrogen (secondary N) is 1. The van der Waals surface area contributed by atoms with E-state index in [1.165, 1.54) is 16.7 Å². The van der Waals surface area contributed by atoms with Crippen LogP contribution in [0, 0.1) is 11.6 Å². The summed E-state index contributed by atoms with van der Waals surface area (Å²) in [5, 5.41) is 11.0. The van der Waals surface area contributed by atoms with Gasteiger partial charge in [0.1, 0.15) is 34.7 Å². The van der Waals surface area contributed by atoms with Crippen LogP contribution in [0.4, 0.5) is 8.78 Å². The number of aliphatic carboxylic acids is 1. The van der Waals surface area contributed by atoms with Gasteiger partial charge >= 0.3 is 5.97 Å². The van der Waals surface area contributed by atoms with Gasteiger partial charge in [0.15, 0.2) is 0 Å². The Labute approximate surface area is 140 Å². The van der Waals surface area contributed by atoms with E-state index in [-0.39, 0.29) is 0 Å². The third-order valence-electron chi connectivity index (χ3n) is 4.15. The number of thioether (sulfide) groups is 1. The zero-order chi connectivity index (χ0) is 17.8. The highest BCUT2D eigenvalue weighted by atomic mass is 32.2. The number of carbonyl (C=O) groups excluding carboxylic acids is 2. The number of halogens is 2. The Hall–Kier alpha value is -2.16. The van der Waals surface area contributed by atoms with E-state index in [0.717, 1.165) is 18.2 Å². The number of carbonyl (C=O) groups is 3. The van der Waals surface area contributed by atoms with E-state index in [0.29, 0.717) is 0 Å². The van der Waals surface area contributed by atoms with Crippen molar-refractivity contribution >= 4 is 29.5 Å². The molecule has 3 atom stereocenters. The number of β-lactam (4-membered cyclic amide) rings is 1. The molecule has 24 heavy (non-hydrogen) atoms. The van der Waals surface area contributed by atoms with E-state index in [2.05, 4.69) is 5.32 Å². The van der Waals surface area contributed by atoms with Crippen LogP contribution in [0.2, 0.25) is 0 Å². The second-order valence-corrected chi connectivity index (χ2v) is 7.92. The van der Waals surface area contributed by atoms with E-state index in [4.69, 9.17) is 0 Å². The number of hydrogen-bond donors (Lipinski definition) is 2. The van der Waals surface area contributed by atoms with Crippen molar-refractivity contribution in [1.29, 1.82) is 0 Å². The molecule has 0 bridgehead atoms. The molecule has 2 fully saturated rings. The van der Waals surface area contributed by atoms with Gasteiger partial charge in [-0.25, -0.2) is 13.6 Å². The van der Waals surface area contributed by atoms with Gasteiger partial charge in [-0.2, -0.15) is 0 Å². The fourth-order valence-electron chi connectivity index (χ4n) is 3.07. The summed E-state index contributed by atoms with van der Waals surface area (Å²) in [6.07, 6.45) is 0. The highest BCUT2D eigenvalue weighted by molar-refractivity contribution is 8.01. The standard InChI is InChI=1S/C15H14F2N2O4S/c1-15(2)10(14(22)23)19-12(21)9(13(19)24-15)18-11(20)8-6(16)4-3-5-7(8)17/h3-5,9-10,13H,1-2H3,(H,18,20)(H,22,23)/t9-,10+,13+/m0/s1. The second-order valence-electron chi connectivity index (χ2n) is 6.15. The van der Waals surface area contributed by atoms with Gasteiger partial charge in [0.25, 0.3) is 5.91 Å². The average molecular weight is 356 g/mol. The SMILES string of the molecule is CC1(C)S[C@@H]2[C@@H](NC(=O)c3c(F)cccc3F)C(=O)N2[C@@H]1C(=O)O. The Kier molecular flexibility index (Phi) is 3.78. The maximum atomic E-state index is 13.7. The third-order valence-corrected chi connectivity index (χ3v) is 5.72. The Morgan fingerprint density at radius 2 is 1.88 bits per heavy atom. The summed E-state index contributed by atoms with van der Waals surface area (Å²) in [5.41, 5.74) is -0.763. The van der Waals surface area contributed by atoms with Crippen molar-refractivity contribution in [3.8, 4) is 0 Å². The van der Waals surface area contributed by atoms with Crippen LogP contribution in [-0.2, 0) is 9.59 Å². The van der Waals surface area contributed by atoms with Crippen LogP contribution in [0.25, 0.3) is 0 Å². The minimum atomic E-state index is -1.13. The number of fused-ring (bicyclic) bond motifs is 1. The summed E-state index contributed by atoms with van der Waals surface area (Å²) in [6, 6.07) is 0.995. The van der Waals surface area contributed by atoms with Crippen LogP contribution in [-0.4, -0.2) is 50.0 Å². The zero-order valence-electron chi connectivity index (χ0n) is 12.7. The molecule has 0 unspecified atom stereocenters. The molecule has 2 aliphatic heterocycles. The minimum absolute atomic E-state index is 0.574. The molecule has 3 rings (SSSR count). The molecule has 0 spiro atoms. The Morgan fingerprint density at radius 3 is 2.42 bits per heavy atom. The molecule has 0 radical (unpaired) electrons. The summed E-state index contributed by atoms with van der Waals surface area (Å²) < 4.78 is 26.6. The molecule has 2 heterocycles. The van der Waals surface area contributed by atoms with Crippen LogP contribution in [0.15, 0.2) is 18.2 Å². The number of nitrogens with zero attached hydrogens (tertiary/aromatic N) is 1. The number of rotatable bonds is 3. The third kappa shape index (κ3) is 2.34. The van der Waals surface area contributed by atoms with Gasteiger partial charge in [-0.15, -0.1) is 11.8 Å². The predicted octanol–water partition coefficient (Wildman–Crippen LogP) is 1.21. The van der Waals surface area contributed by atoms with Crippen LogP contribution in [0.5, 0.6) is 0 Å². The fraction of sp³-hybridized carbons (Fsp3) is 0.400. The van der Waals surface area contributed by atoms with E-state index in [1.807, 2.05) is 0 Å². The van der Waals surface area contributed by atoms with Crippen LogP contribution >= 0.6 is 11.8 Å². The molecule has 9 heteroatoms. The minimum Gasteiger partial charge on any atom is -0.480 e. The topological polar surface area (TPSA) is 86.7 Å². The molecule has 1 aromatic carbocycles. The van der Waals surface area contributed by atoms with E-state index < -0.39 is 57.2 Å². The first-order chi connectivity index (χ1) is 11.1. The van der Waals surface area contributed by atoms with Crippen molar-refractivity contribution in [1.82, 2.24) is 10.2 Å². The lowest BCUT2D eigenvalue weighted by molar-refractivity contribution is -0.159. The predicted molar refractivity (Wildman–Crippen MR) is 81.3 cm³/mol. The lowest BCUT2D eigenvalue weighted by Crippen LogP contribution is -2.70. The lowest BCUT2D eigenvalue weighted by atomic mass is 9.96. The van der Waals surface area contributed by atoms with Crippen LogP contribution in [0.1, 0.15) is 24.2 Å². The van der Waals surface area contributed by atoms with Crippen molar-refractivity contribution in [3.63, 3.8) is 0 Å². The summed E-state index contributed by atoms with van der Waals surface area (Å²) in [6.45, 7) is 3.38. The second kappa shape index (κ2) is 5.44. The van der Waals surface area contributed by atoms with Crippen molar-refractivity contribution in [2.24, 2.45) is 0 Å². The summed E-state index contributed by atoms with van der Waals surface area (Å²) in [7, 11) is 0.